The first-order valence-corrected chi connectivity index (χ1v) is 5.59. The van der Waals surface area contributed by atoms with E-state index in [0.29, 0.717) is 11.8 Å². The van der Waals surface area contributed by atoms with Gasteiger partial charge in [-0.1, -0.05) is 17.7 Å². The number of ether oxygens (including phenoxy) is 1. The Balaban J connectivity index is 2.30. The summed E-state index contributed by atoms with van der Waals surface area (Å²) in [4.78, 5) is 6.71. The highest BCUT2D eigenvalue weighted by atomic mass is 35.5. The smallest absolute Gasteiger partial charge is 0.433 e. The van der Waals surface area contributed by atoms with Gasteiger partial charge in [-0.15, -0.1) is 0 Å². The number of halogens is 4. The van der Waals surface area contributed by atoms with Crippen LogP contribution in [-0.2, 0) is 6.18 Å². The molecule has 0 atom stereocenters. The molecule has 0 aliphatic carbocycles. The van der Waals surface area contributed by atoms with E-state index in [-0.39, 0.29) is 5.88 Å². The van der Waals surface area contributed by atoms with Crippen LogP contribution >= 0.6 is 11.6 Å². The third kappa shape index (κ3) is 3.57. The summed E-state index contributed by atoms with van der Waals surface area (Å²) in [5.74, 6) is 0.115. The summed E-state index contributed by atoms with van der Waals surface area (Å²) >= 11 is 5.45. The van der Waals surface area contributed by atoms with Crippen molar-refractivity contribution in [1.29, 1.82) is 0 Å². The molecule has 0 aliphatic heterocycles. The second-order valence-corrected chi connectivity index (χ2v) is 4.11. The van der Waals surface area contributed by atoms with Crippen molar-refractivity contribution < 1.29 is 17.9 Å². The van der Waals surface area contributed by atoms with Crippen LogP contribution in [0.2, 0.25) is 5.28 Å². The molecule has 2 aromatic rings. The molecule has 0 saturated heterocycles. The van der Waals surface area contributed by atoms with Gasteiger partial charge in [-0.05, 0) is 30.7 Å². The number of aromatic nitrogens is 2. The molecular weight excluding hydrogens is 281 g/mol. The lowest BCUT2D eigenvalue weighted by Crippen LogP contribution is -2.09. The maximum Gasteiger partial charge on any atom is 0.433 e. The first-order chi connectivity index (χ1) is 8.84. The van der Waals surface area contributed by atoms with Crippen LogP contribution < -0.4 is 4.74 Å². The van der Waals surface area contributed by atoms with Gasteiger partial charge in [0.2, 0.25) is 11.2 Å². The molecule has 7 heteroatoms. The summed E-state index contributed by atoms with van der Waals surface area (Å²) in [7, 11) is 0. The van der Waals surface area contributed by atoms with Gasteiger partial charge in [-0.25, -0.2) is 4.98 Å². The normalized spacial score (nSPS) is 11.4. The van der Waals surface area contributed by atoms with Crippen LogP contribution in [0.1, 0.15) is 11.3 Å². The van der Waals surface area contributed by atoms with Crippen molar-refractivity contribution >= 4 is 11.6 Å². The van der Waals surface area contributed by atoms with Crippen LogP contribution in [0, 0.1) is 6.92 Å². The summed E-state index contributed by atoms with van der Waals surface area (Å²) < 4.78 is 42.8. The van der Waals surface area contributed by atoms with Crippen LogP contribution in [0.15, 0.2) is 30.3 Å². The highest BCUT2D eigenvalue weighted by Gasteiger charge is 2.33. The van der Waals surface area contributed by atoms with E-state index in [1.54, 1.807) is 24.3 Å². The molecule has 0 aliphatic rings. The summed E-state index contributed by atoms with van der Waals surface area (Å²) in [6, 6.07) is 7.48. The minimum Gasteiger partial charge on any atom is -0.439 e. The SMILES string of the molecule is Cc1ccc(Oc2cc(C(F)(F)F)nc(Cl)n2)cc1. The largest absolute Gasteiger partial charge is 0.439 e. The summed E-state index contributed by atoms with van der Waals surface area (Å²) in [5.41, 5.74) is -0.140. The van der Waals surface area contributed by atoms with Gasteiger partial charge in [0.1, 0.15) is 5.75 Å². The van der Waals surface area contributed by atoms with E-state index in [2.05, 4.69) is 9.97 Å². The quantitative estimate of drug-likeness (QED) is 0.775. The number of hydrogen-bond donors (Lipinski definition) is 0. The van der Waals surface area contributed by atoms with Crippen LogP contribution in [0.5, 0.6) is 11.6 Å². The van der Waals surface area contributed by atoms with Crippen LogP contribution in [-0.4, -0.2) is 9.97 Å². The van der Waals surface area contributed by atoms with Gasteiger partial charge in [0.25, 0.3) is 0 Å². The number of rotatable bonds is 2. The lowest BCUT2D eigenvalue weighted by molar-refractivity contribution is -0.141. The van der Waals surface area contributed by atoms with E-state index in [4.69, 9.17) is 16.3 Å². The van der Waals surface area contributed by atoms with Gasteiger partial charge in [-0.2, -0.15) is 18.2 Å². The van der Waals surface area contributed by atoms with Crippen molar-refractivity contribution in [2.75, 3.05) is 0 Å². The molecule has 19 heavy (non-hydrogen) atoms. The number of aryl methyl sites for hydroxylation is 1. The fraction of sp³-hybridized carbons (Fsp3) is 0.167. The highest BCUT2D eigenvalue weighted by molar-refractivity contribution is 6.28. The predicted molar refractivity (Wildman–Crippen MR) is 63.3 cm³/mol. The molecule has 2 rings (SSSR count). The average Bonchev–Trinajstić information content (AvgIpc) is 2.30. The Morgan fingerprint density at radius 3 is 2.32 bits per heavy atom. The maximum absolute atomic E-state index is 12.5. The van der Waals surface area contributed by atoms with Gasteiger partial charge >= 0.3 is 6.18 Å². The Morgan fingerprint density at radius 2 is 1.74 bits per heavy atom. The standard InChI is InChI=1S/C12H8ClF3N2O/c1-7-2-4-8(5-3-7)19-10-6-9(12(14,15)16)17-11(13)18-10/h2-6H,1H3. The number of nitrogens with zero attached hydrogens (tertiary/aromatic N) is 2. The van der Waals surface area contributed by atoms with E-state index in [1.807, 2.05) is 6.92 Å². The van der Waals surface area contributed by atoms with Crippen molar-refractivity contribution in [3.05, 3.63) is 46.9 Å². The van der Waals surface area contributed by atoms with Crippen molar-refractivity contribution in [2.24, 2.45) is 0 Å². The molecule has 0 radical (unpaired) electrons. The molecule has 1 aromatic heterocycles. The minimum atomic E-state index is -4.60. The molecular formula is C12H8ClF3N2O. The van der Waals surface area contributed by atoms with Crippen LogP contribution in [0.25, 0.3) is 0 Å². The molecule has 1 heterocycles. The first kappa shape index (κ1) is 13.6. The first-order valence-electron chi connectivity index (χ1n) is 5.21. The van der Waals surface area contributed by atoms with Crippen molar-refractivity contribution in [3.8, 4) is 11.6 Å². The average molecular weight is 289 g/mol. The predicted octanol–water partition coefficient (Wildman–Crippen LogP) is 4.25. The zero-order chi connectivity index (χ0) is 14.0. The molecule has 0 unspecified atom stereocenters. The maximum atomic E-state index is 12.5. The molecule has 0 fully saturated rings. The van der Waals surface area contributed by atoms with Gasteiger partial charge in [0.15, 0.2) is 5.69 Å². The molecule has 3 nitrogen and oxygen atoms in total. The molecule has 0 amide bonds. The van der Waals surface area contributed by atoms with Gasteiger partial charge < -0.3 is 4.74 Å². The molecule has 100 valence electrons. The zero-order valence-electron chi connectivity index (χ0n) is 9.70. The van der Waals surface area contributed by atoms with Crippen molar-refractivity contribution in [1.82, 2.24) is 9.97 Å². The Kier molecular flexibility index (Phi) is 3.61. The lowest BCUT2D eigenvalue weighted by atomic mass is 10.2. The number of alkyl halides is 3. The van der Waals surface area contributed by atoms with Crippen LogP contribution in [0.4, 0.5) is 13.2 Å². The lowest BCUT2D eigenvalue weighted by Gasteiger charge is -2.09. The second kappa shape index (κ2) is 5.05. The highest BCUT2D eigenvalue weighted by Crippen LogP contribution is 2.31. The Bertz CT molecular complexity index is 585. The Morgan fingerprint density at radius 1 is 1.11 bits per heavy atom. The Hall–Kier alpha value is -1.82. The summed E-state index contributed by atoms with van der Waals surface area (Å²) in [5, 5.41) is -0.517. The van der Waals surface area contributed by atoms with E-state index in [1.165, 1.54) is 0 Å². The summed E-state index contributed by atoms with van der Waals surface area (Å²) in [6.45, 7) is 1.88. The van der Waals surface area contributed by atoms with Gasteiger partial charge in [0.05, 0.1) is 0 Å². The van der Waals surface area contributed by atoms with Gasteiger partial charge in [-0.3, -0.25) is 0 Å². The Labute approximate surface area is 112 Å². The third-order valence-corrected chi connectivity index (χ3v) is 2.38. The van der Waals surface area contributed by atoms with E-state index in [9.17, 15) is 13.2 Å². The van der Waals surface area contributed by atoms with Gasteiger partial charge in [0, 0.05) is 6.07 Å². The molecule has 0 bridgehead atoms. The van der Waals surface area contributed by atoms with E-state index >= 15 is 0 Å². The van der Waals surface area contributed by atoms with E-state index < -0.39 is 17.2 Å². The van der Waals surface area contributed by atoms with E-state index in [0.717, 1.165) is 5.56 Å². The molecule has 0 spiro atoms. The van der Waals surface area contributed by atoms with Crippen molar-refractivity contribution in [2.45, 2.75) is 13.1 Å². The molecule has 1 aromatic carbocycles. The topological polar surface area (TPSA) is 35.0 Å². The number of benzene rings is 1. The van der Waals surface area contributed by atoms with Crippen molar-refractivity contribution in [3.63, 3.8) is 0 Å². The second-order valence-electron chi connectivity index (χ2n) is 3.77. The summed E-state index contributed by atoms with van der Waals surface area (Å²) in [6.07, 6.45) is -4.60. The zero-order valence-corrected chi connectivity index (χ0v) is 10.5. The monoisotopic (exact) mass is 288 g/mol. The number of hydrogen-bond acceptors (Lipinski definition) is 3. The third-order valence-electron chi connectivity index (χ3n) is 2.21. The molecule has 0 N–H and O–H groups in total. The minimum absolute atomic E-state index is 0.254. The fourth-order valence-electron chi connectivity index (χ4n) is 1.32. The molecule has 0 saturated carbocycles. The fourth-order valence-corrected chi connectivity index (χ4v) is 1.50. The van der Waals surface area contributed by atoms with Crippen LogP contribution in [0.3, 0.4) is 0 Å².